The van der Waals surface area contributed by atoms with Crippen LogP contribution in [0.2, 0.25) is 0 Å². The van der Waals surface area contributed by atoms with Crippen LogP contribution in [0.5, 0.6) is 5.75 Å². The van der Waals surface area contributed by atoms with E-state index in [1.165, 1.54) is 24.3 Å². The smallest absolute Gasteiger partial charge is 0.312 e. The molecule has 0 unspecified atom stereocenters. The topological polar surface area (TPSA) is 156 Å². The first-order valence-corrected chi connectivity index (χ1v) is 9.94. The lowest BCUT2D eigenvalue weighted by atomic mass is 10.3. The van der Waals surface area contributed by atoms with Gasteiger partial charge < -0.3 is 5.11 Å². The van der Waals surface area contributed by atoms with Crippen LogP contribution in [0.4, 0.5) is 17.1 Å². The number of nitro groups is 1. The average molecular weight is 387 g/mol. The summed E-state index contributed by atoms with van der Waals surface area (Å²) in [7, 11) is -7.92. The van der Waals surface area contributed by atoms with Crippen molar-refractivity contribution in [3.63, 3.8) is 0 Å². The fraction of sp³-hybridized carbons (Fsp3) is 0.0769. The number of hydrogen-bond donors (Lipinski definition) is 3. The zero-order valence-corrected chi connectivity index (χ0v) is 14.3. The van der Waals surface area contributed by atoms with Crippen LogP contribution in [-0.2, 0) is 20.0 Å². The number of rotatable bonds is 6. The quantitative estimate of drug-likeness (QED) is 0.500. The van der Waals surface area contributed by atoms with Gasteiger partial charge in [-0.15, -0.1) is 0 Å². The molecule has 2 aromatic carbocycles. The highest BCUT2D eigenvalue weighted by Gasteiger charge is 2.22. The lowest BCUT2D eigenvalue weighted by Crippen LogP contribution is -2.16. The first-order valence-electron chi connectivity index (χ1n) is 6.57. The third-order valence-electron chi connectivity index (χ3n) is 2.92. The Hall–Kier alpha value is -2.86. The largest absolute Gasteiger partial charge is 0.502 e. The second-order valence-corrected chi connectivity index (χ2v) is 8.36. The van der Waals surface area contributed by atoms with Crippen LogP contribution in [-0.4, -0.2) is 33.1 Å². The molecular formula is C13H13N3O7S2. The van der Waals surface area contributed by atoms with Crippen LogP contribution in [0.15, 0.2) is 47.4 Å². The number of nitrogens with zero attached hydrogens (tertiary/aromatic N) is 1. The fourth-order valence-electron chi connectivity index (χ4n) is 1.88. The van der Waals surface area contributed by atoms with Gasteiger partial charge in [-0.25, -0.2) is 16.8 Å². The van der Waals surface area contributed by atoms with Gasteiger partial charge in [0.25, 0.3) is 10.0 Å². The van der Waals surface area contributed by atoms with Gasteiger partial charge in [-0.2, -0.15) is 0 Å². The van der Waals surface area contributed by atoms with E-state index in [1.807, 2.05) is 0 Å². The van der Waals surface area contributed by atoms with Gasteiger partial charge in [0.1, 0.15) is 0 Å². The van der Waals surface area contributed by atoms with Gasteiger partial charge >= 0.3 is 5.69 Å². The SMILES string of the molecule is CS(=O)(=O)Nc1ccccc1NS(=O)(=O)c1ccc(O)c([N+](=O)[O-])c1. The molecule has 0 atom stereocenters. The zero-order chi connectivity index (χ0) is 18.8. The zero-order valence-electron chi connectivity index (χ0n) is 12.7. The lowest BCUT2D eigenvalue weighted by molar-refractivity contribution is -0.386. The molecule has 0 saturated carbocycles. The third-order valence-corrected chi connectivity index (χ3v) is 4.87. The van der Waals surface area contributed by atoms with Gasteiger partial charge in [-0.05, 0) is 24.3 Å². The van der Waals surface area contributed by atoms with Crippen molar-refractivity contribution in [1.29, 1.82) is 0 Å². The van der Waals surface area contributed by atoms with Gasteiger partial charge in [0.15, 0.2) is 5.75 Å². The number of para-hydroxylation sites is 2. The number of nitro benzene ring substituents is 1. The number of sulfonamides is 2. The predicted octanol–water partition coefficient (Wildman–Crippen LogP) is 1.47. The Kier molecular flexibility index (Phi) is 4.85. The number of hydrogen-bond acceptors (Lipinski definition) is 7. The van der Waals surface area contributed by atoms with Gasteiger partial charge in [-0.3, -0.25) is 19.6 Å². The minimum absolute atomic E-state index is 0.0122. The molecule has 0 aliphatic rings. The maximum Gasteiger partial charge on any atom is 0.312 e. The van der Waals surface area contributed by atoms with Crippen molar-refractivity contribution >= 4 is 37.1 Å². The normalized spacial score (nSPS) is 11.7. The molecule has 10 nitrogen and oxygen atoms in total. The third kappa shape index (κ3) is 4.58. The molecule has 12 heteroatoms. The summed E-state index contributed by atoms with van der Waals surface area (Å²) >= 11 is 0. The first-order chi connectivity index (χ1) is 11.5. The van der Waals surface area contributed by atoms with Crippen LogP contribution >= 0.6 is 0 Å². The Morgan fingerprint density at radius 2 is 1.56 bits per heavy atom. The molecule has 0 amide bonds. The second kappa shape index (κ2) is 6.57. The highest BCUT2D eigenvalue weighted by atomic mass is 32.2. The molecule has 0 aliphatic heterocycles. The summed E-state index contributed by atoms with van der Waals surface area (Å²) in [5.41, 5.74) is -0.851. The molecule has 3 N–H and O–H groups in total. The highest BCUT2D eigenvalue weighted by Crippen LogP contribution is 2.30. The van der Waals surface area contributed by atoms with Crippen LogP contribution in [0.3, 0.4) is 0 Å². The van der Waals surface area contributed by atoms with Crippen LogP contribution < -0.4 is 9.44 Å². The second-order valence-electron chi connectivity index (χ2n) is 4.93. The van der Waals surface area contributed by atoms with E-state index < -0.39 is 41.3 Å². The summed E-state index contributed by atoms with van der Waals surface area (Å²) in [6.07, 6.45) is 0.904. The lowest BCUT2D eigenvalue weighted by Gasteiger charge is -2.13. The Bertz CT molecular complexity index is 1030. The van der Waals surface area contributed by atoms with Crippen molar-refractivity contribution in [1.82, 2.24) is 0 Å². The predicted molar refractivity (Wildman–Crippen MR) is 90.5 cm³/mol. The summed E-state index contributed by atoms with van der Waals surface area (Å²) in [5.74, 6) is -0.678. The van der Waals surface area contributed by atoms with Crippen molar-refractivity contribution in [2.75, 3.05) is 15.7 Å². The van der Waals surface area contributed by atoms with Crippen LogP contribution in [0.25, 0.3) is 0 Å². The molecule has 0 radical (unpaired) electrons. The fourth-order valence-corrected chi connectivity index (χ4v) is 3.56. The molecular weight excluding hydrogens is 374 g/mol. The minimum Gasteiger partial charge on any atom is -0.502 e. The molecule has 0 aliphatic carbocycles. The molecule has 0 fully saturated rings. The van der Waals surface area contributed by atoms with Gasteiger partial charge in [-0.1, -0.05) is 12.1 Å². The molecule has 0 spiro atoms. The first kappa shape index (κ1) is 18.5. The molecule has 2 rings (SSSR count). The summed E-state index contributed by atoms with van der Waals surface area (Å²) in [4.78, 5) is 9.43. The number of aromatic hydroxyl groups is 1. The van der Waals surface area contributed by atoms with Crippen molar-refractivity contribution in [3.05, 3.63) is 52.6 Å². The van der Waals surface area contributed by atoms with E-state index in [2.05, 4.69) is 9.44 Å². The van der Waals surface area contributed by atoms with E-state index in [1.54, 1.807) is 0 Å². The van der Waals surface area contributed by atoms with E-state index in [0.29, 0.717) is 6.07 Å². The molecule has 0 aromatic heterocycles. The maximum absolute atomic E-state index is 12.4. The van der Waals surface area contributed by atoms with Gasteiger partial charge in [0, 0.05) is 6.07 Å². The molecule has 134 valence electrons. The van der Waals surface area contributed by atoms with Crippen molar-refractivity contribution < 1.29 is 26.9 Å². The summed E-state index contributed by atoms with van der Waals surface area (Å²) < 4.78 is 51.8. The number of phenols is 1. The van der Waals surface area contributed by atoms with E-state index in [9.17, 15) is 32.1 Å². The van der Waals surface area contributed by atoms with E-state index in [-0.39, 0.29) is 11.4 Å². The Balaban J connectivity index is 2.44. The van der Waals surface area contributed by atoms with Crippen LogP contribution in [0, 0.1) is 10.1 Å². The number of nitrogens with one attached hydrogen (secondary N) is 2. The van der Waals surface area contributed by atoms with Gasteiger partial charge in [0.05, 0.1) is 27.4 Å². The van der Waals surface area contributed by atoms with Crippen LogP contribution in [0.1, 0.15) is 0 Å². The minimum atomic E-state index is -4.26. The summed E-state index contributed by atoms with van der Waals surface area (Å²) in [5, 5.41) is 20.2. The number of phenolic OH excluding ortho intramolecular Hbond substituents is 1. The summed E-state index contributed by atoms with van der Waals surface area (Å²) in [6.45, 7) is 0. The molecule has 0 saturated heterocycles. The van der Waals surface area contributed by atoms with Crippen molar-refractivity contribution in [2.45, 2.75) is 4.90 Å². The average Bonchev–Trinajstić information content (AvgIpc) is 2.47. The monoisotopic (exact) mass is 387 g/mol. The van der Waals surface area contributed by atoms with Crippen molar-refractivity contribution in [3.8, 4) is 5.75 Å². The van der Waals surface area contributed by atoms with E-state index >= 15 is 0 Å². The molecule has 0 heterocycles. The standard InChI is InChI=1S/C13H13N3O7S2/c1-24(20,21)14-10-4-2-3-5-11(10)15-25(22,23)9-6-7-13(17)12(8-9)16(18)19/h2-8,14-15,17H,1H3. The Morgan fingerprint density at radius 3 is 2.08 bits per heavy atom. The highest BCUT2D eigenvalue weighted by molar-refractivity contribution is 7.93. The van der Waals surface area contributed by atoms with E-state index in [4.69, 9.17) is 0 Å². The Morgan fingerprint density at radius 1 is 1.00 bits per heavy atom. The Labute approximate surface area is 143 Å². The number of benzene rings is 2. The maximum atomic E-state index is 12.4. The summed E-state index contributed by atoms with van der Waals surface area (Å²) in [6, 6.07) is 8.20. The van der Waals surface area contributed by atoms with E-state index in [0.717, 1.165) is 18.4 Å². The number of anilines is 2. The van der Waals surface area contributed by atoms with Crippen molar-refractivity contribution in [2.24, 2.45) is 0 Å². The molecule has 25 heavy (non-hydrogen) atoms. The van der Waals surface area contributed by atoms with Gasteiger partial charge in [0.2, 0.25) is 10.0 Å². The molecule has 0 bridgehead atoms. The molecule has 2 aromatic rings.